The summed E-state index contributed by atoms with van der Waals surface area (Å²) in [4.78, 5) is 27.5. The number of carbonyl (C=O) groups is 1. The average Bonchev–Trinajstić information content (AvgIpc) is 3.27. The summed E-state index contributed by atoms with van der Waals surface area (Å²) < 4.78 is 6.81. The topological polar surface area (TPSA) is 98.1 Å². The summed E-state index contributed by atoms with van der Waals surface area (Å²) in [5.41, 5.74) is 1.60. The summed E-state index contributed by atoms with van der Waals surface area (Å²) in [5, 5.41) is 7.10. The van der Waals surface area contributed by atoms with Gasteiger partial charge in [0.15, 0.2) is 11.6 Å². The number of urea groups is 1. The second kappa shape index (κ2) is 8.62. The molecule has 2 heterocycles. The van der Waals surface area contributed by atoms with Crippen LogP contribution in [0, 0.1) is 0 Å². The third-order valence-electron chi connectivity index (χ3n) is 4.46. The zero-order chi connectivity index (χ0) is 21.8. The van der Waals surface area contributed by atoms with Gasteiger partial charge in [0.1, 0.15) is 11.6 Å². The molecule has 9 nitrogen and oxygen atoms in total. The van der Waals surface area contributed by atoms with Crippen molar-refractivity contribution in [3.63, 3.8) is 0 Å². The molecule has 2 aromatic carbocycles. The Morgan fingerprint density at radius 2 is 1.65 bits per heavy atom. The van der Waals surface area contributed by atoms with Gasteiger partial charge in [0.2, 0.25) is 0 Å². The molecule has 0 aliphatic carbocycles. The quantitative estimate of drug-likeness (QED) is 0.536. The van der Waals surface area contributed by atoms with E-state index in [0.717, 1.165) is 11.1 Å². The molecule has 0 bridgehead atoms. The van der Waals surface area contributed by atoms with Crippen molar-refractivity contribution in [2.75, 3.05) is 26.5 Å². The van der Waals surface area contributed by atoms with Crippen molar-refractivity contribution in [1.82, 2.24) is 29.6 Å². The summed E-state index contributed by atoms with van der Waals surface area (Å²) >= 11 is 0. The molecule has 0 fully saturated rings. The number of aromatic nitrogens is 5. The summed E-state index contributed by atoms with van der Waals surface area (Å²) in [7, 11) is 4.93. The van der Waals surface area contributed by atoms with Crippen LogP contribution in [0.5, 0.6) is 5.75 Å². The molecule has 0 spiro atoms. The van der Waals surface area contributed by atoms with Crippen LogP contribution in [0.25, 0.3) is 28.7 Å². The van der Waals surface area contributed by atoms with E-state index in [1.165, 1.54) is 9.58 Å². The minimum atomic E-state index is -0.285. The van der Waals surface area contributed by atoms with E-state index in [9.17, 15) is 4.79 Å². The van der Waals surface area contributed by atoms with E-state index in [-0.39, 0.29) is 12.0 Å². The Bertz CT molecular complexity index is 1210. The van der Waals surface area contributed by atoms with Crippen molar-refractivity contribution in [1.29, 1.82) is 0 Å². The predicted octanol–water partition coefficient (Wildman–Crippen LogP) is 3.49. The first kappa shape index (κ1) is 20.0. The van der Waals surface area contributed by atoms with Gasteiger partial charge in [-0.3, -0.25) is 5.32 Å². The third kappa shape index (κ3) is 4.35. The molecule has 4 aromatic rings. The monoisotopic (exact) mass is 415 g/mol. The van der Waals surface area contributed by atoms with Gasteiger partial charge in [0, 0.05) is 31.3 Å². The second-order valence-corrected chi connectivity index (χ2v) is 6.83. The molecular formula is C22H21N7O2. The Labute approximate surface area is 179 Å². The lowest BCUT2D eigenvalue weighted by atomic mass is 10.2. The number of rotatable bonds is 5. The maximum absolute atomic E-state index is 12.1. The van der Waals surface area contributed by atoms with Crippen LogP contribution in [-0.2, 0) is 0 Å². The molecule has 156 valence electrons. The summed E-state index contributed by atoms with van der Waals surface area (Å²) in [6.45, 7) is 0. The van der Waals surface area contributed by atoms with Crippen LogP contribution in [-0.4, -0.2) is 56.9 Å². The second-order valence-electron chi connectivity index (χ2n) is 6.83. The van der Waals surface area contributed by atoms with Gasteiger partial charge >= 0.3 is 6.03 Å². The normalized spacial score (nSPS) is 10.5. The predicted molar refractivity (Wildman–Crippen MR) is 117 cm³/mol. The van der Waals surface area contributed by atoms with E-state index in [1.54, 1.807) is 33.5 Å². The Morgan fingerprint density at radius 1 is 0.935 bits per heavy atom. The van der Waals surface area contributed by atoms with E-state index in [1.807, 2.05) is 54.6 Å². The lowest BCUT2D eigenvalue weighted by Gasteiger charge is -2.13. The Morgan fingerprint density at radius 3 is 2.35 bits per heavy atom. The molecule has 0 aliphatic heterocycles. The highest BCUT2D eigenvalue weighted by atomic mass is 16.5. The van der Waals surface area contributed by atoms with Crippen LogP contribution >= 0.6 is 0 Å². The van der Waals surface area contributed by atoms with Crippen LogP contribution < -0.4 is 10.1 Å². The molecule has 0 saturated carbocycles. The minimum Gasteiger partial charge on any atom is -0.497 e. The van der Waals surface area contributed by atoms with Crippen LogP contribution in [0.2, 0.25) is 0 Å². The minimum absolute atomic E-state index is 0.283. The highest BCUT2D eigenvalue weighted by Crippen LogP contribution is 2.25. The van der Waals surface area contributed by atoms with Gasteiger partial charge in [-0.2, -0.15) is 19.7 Å². The fourth-order valence-corrected chi connectivity index (χ4v) is 2.85. The molecule has 0 radical (unpaired) electrons. The van der Waals surface area contributed by atoms with Crippen LogP contribution in [0.4, 0.5) is 10.6 Å². The van der Waals surface area contributed by atoms with Crippen LogP contribution in [0.1, 0.15) is 0 Å². The number of nitrogens with zero attached hydrogens (tertiary/aromatic N) is 6. The van der Waals surface area contributed by atoms with E-state index in [0.29, 0.717) is 23.2 Å². The molecule has 2 aromatic heterocycles. The van der Waals surface area contributed by atoms with Crippen molar-refractivity contribution < 1.29 is 9.53 Å². The third-order valence-corrected chi connectivity index (χ3v) is 4.46. The van der Waals surface area contributed by atoms with E-state index in [4.69, 9.17) is 4.74 Å². The van der Waals surface area contributed by atoms with Crippen molar-refractivity contribution in [2.24, 2.45) is 0 Å². The van der Waals surface area contributed by atoms with Gasteiger partial charge in [-0.25, -0.2) is 9.78 Å². The zero-order valence-corrected chi connectivity index (χ0v) is 17.4. The summed E-state index contributed by atoms with van der Waals surface area (Å²) in [6, 6.07) is 18.5. The smallest absolute Gasteiger partial charge is 0.322 e. The van der Waals surface area contributed by atoms with Gasteiger partial charge in [0.05, 0.1) is 13.3 Å². The maximum Gasteiger partial charge on any atom is 0.322 e. The van der Waals surface area contributed by atoms with Crippen LogP contribution in [0.3, 0.4) is 0 Å². The molecule has 1 N–H and O–H groups in total. The van der Waals surface area contributed by atoms with Crippen molar-refractivity contribution >= 4 is 11.8 Å². The number of hydrogen-bond acceptors (Lipinski definition) is 6. The molecular weight excluding hydrogens is 394 g/mol. The van der Waals surface area contributed by atoms with Gasteiger partial charge in [0.25, 0.3) is 5.95 Å². The fraction of sp³-hybridized carbons (Fsp3) is 0.136. The Hall–Kier alpha value is -4.27. The maximum atomic E-state index is 12.1. The van der Waals surface area contributed by atoms with Gasteiger partial charge < -0.3 is 9.64 Å². The number of nitrogens with one attached hydrogen (secondary N) is 1. The fourth-order valence-electron chi connectivity index (χ4n) is 2.85. The number of ether oxygens (including phenoxy) is 1. The van der Waals surface area contributed by atoms with Crippen molar-refractivity contribution in [2.45, 2.75) is 0 Å². The molecule has 31 heavy (non-hydrogen) atoms. The molecule has 9 heteroatoms. The highest BCUT2D eigenvalue weighted by Gasteiger charge is 2.16. The first-order valence-electron chi connectivity index (χ1n) is 9.54. The van der Waals surface area contributed by atoms with Gasteiger partial charge in [-0.1, -0.05) is 42.5 Å². The van der Waals surface area contributed by atoms with E-state index < -0.39 is 0 Å². The largest absolute Gasteiger partial charge is 0.497 e. The average molecular weight is 415 g/mol. The van der Waals surface area contributed by atoms with E-state index >= 15 is 0 Å². The number of hydrogen-bond donors (Lipinski definition) is 1. The Balaban J connectivity index is 1.85. The number of amides is 2. The number of anilines is 1. The molecule has 0 atom stereocenters. The first-order valence-corrected chi connectivity index (χ1v) is 9.54. The highest BCUT2D eigenvalue weighted by molar-refractivity contribution is 5.88. The first-order chi connectivity index (χ1) is 15.0. The molecule has 0 unspecified atom stereocenters. The van der Waals surface area contributed by atoms with Gasteiger partial charge in [-0.15, -0.1) is 0 Å². The summed E-state index contributed by atoms with van der Waals surface area (Å²) in [5.74, 6) is 2.37. The Kier molecular flexibility index (Phi) is 5.57. The van der Waals surface area contributed by atoms with Crippen molar-refractivity contribution in [3.8, 4) is 34.5 Å². The SMILES string of the molecule is COc1cccc(-c2nc(-c3ccccc3)nc(-n3nccc3NC(=O)N(C)C)n2)c1. The van der Waals surface area contributed by atoms with Gasteiger partial charge in [-0.05, 0) is 12.1 Å². The molecule has 0 aliphatic rings. The number of benzene rings is 2. The van der Waals surface area contributed by atoms with E-state index in [2.05, 4.69) is 25.4 Å². The number of carbonyl (C=O) groups excluding carboxylic acids is 1. The molecule has 2 amide bonds. The summed E-state index contributed by atoms with van der Waals surface area (Å²) in [6.07, 6.45) is 1.57. The molecule has 4 rings (SSSR count). The lowest BCUT2D eigenvalue weighted by Crippen LogP contribution is -2.28. The lowest BCUT2D eigenvalue weighted by molar-refractivity contribution is 0.230. The van der Waals surface area contributed by atoms with Crippen molar-refractivity contribution in [3.05, 3.63) is 66.9 Å². The van der Waals surface area contributed by atoms with Crippen LogP contribution in [0.15, 0.2) is 66.9 Å². The molecule has 0 saturated heterocycles. The standard InChI is InChI=1S/C22H21N7O2/c1-28(2)22(30)24-18-12-13-23-29(18)21-26-19(15-8-5-4-6-9-15)25-20(27-21)16-10-7-11-17(14-16)31-3/h4-14H,1-3H3,(H,24,30). The zero-order valence-electron chi connectivity index (χ0n) is 17.4. The number of methoxy groups -OCH3 is 1.